The van der Waals surface area contributed by atoms with Crippen LogP contribution in [0.3, 0.4) is 0 Å². The van der Waals surface area contributed by atoms with E-state index in [0.29, 0.717) is 25.8 Å². The zero-order chi connectivity index (χ0) is 17.1. The first-order valence-corrected chi connectivity index (χ1v) is 7.68. The highest BCUT2D eigenvalue weighted by Gasteiger charge is 2.47. The van der Waals surface area contributed by atoms with Crippen molar-refractivity contribution in [3.8, 4) is 0 Å². The molecule has 1 rings (SSSR count). The van der Waals surface area contributed by atoms with Crippen LogP contribution >= 0.6 is 0 Å². The lowest BCUT2D eigenvalue weighted by Crippen LogP contribution is -2.59. The number of ether oxygens (including phenoxy) is 1. The number of alkyl carbamates (subject to hydrolysis) is 1. The van der Waals surface area contributed by atoms with Crippen LogP contribution in [0.5, 0.6) is 0 Å². The molecule has 22 heavy (non-hydrogen) atoms. The van der Waals surface area contributed by atoms with Gasteiger partial charge < -0.3 is 20.7 Å². The lowest BCUT2D eigenvalue weighted by atomic mass is 9.90. The van der Waals surface area contributed by atoms with Crippen LogP contribution in [-0.4, -0.2) is 46.5 Å². The summed E-state index contributed by atoms with van der Waals surface area (Å²) in [6.07, 6.45) is 0.700. The Labute approximate surface area is 131 Å². The fourth-order valence-electron chi connectivity index (χ4n) is 2.80. The third kappa shape index (κ3) is 3.69. The van der Waals surface area contributed by atoms with Crippen molar-refractivity contribution in [3.05, 3.63) is 0 Å². The van der Waals surface area contributed by atoms with Gasteiger partial charge in [-0.15, -0.1) is 0 Å². The number of hydrogen-bond acceptors (Lipinski definition) is 4. The van der Waals surface area contributed by atoms with Gasteiger partial charge in [0.25, 0.3) is 0 Å². The van der Waals surface area contributed by atoms with Gasteiger partial charge in [0, 0.05) is 6.54 Å². The summed E-state index contributed by atoms with van der Waals surface area (Å²) in [5.41, 5.74) is 3.91. The van der Waals surface area contributed by atoms with E-state index in [9.17, 15) is 14.4 Å². The summed E-state index contributed by atoms with van der Waals surface area (Å²) in [7, 11) is 0. The minimum atomic E-state index is -0.985. The molecule has 7 nitrogen and oxygen atoms in total. The Morgan fingerprint density at radius 2 is 1.86 bits per heavy atom. The van der Waals surface area contributed by atoms with Crippen molar-refractivity contribution in [2.45, 2.75) is 71.1 Å². The molecule has 0 aliphatic carbocycles. The standard InChI is InChI=1S/C15H27N3O4/c1-6-15(7-2,12(16)20)18-9-8-10(11(18)19)17-13(21)22-14(3,4)5/h10H,6-9H2,1-5H3,(H2,16,20)(H,17,21)/t10-/m1/s1. The second kappa shape index (κ2) is 6.54. The Hall–Kier alpha value is -1.79. The number of nitrogens with one attached hydrogen (secondary N) is 1. The number of nitrogens with zero attached hydrogens (tertiary/aromatic N) is 1. The summed E-state index contributed by atoms with van der Waals surface area (Å²) >= 11 is 0. The van der Waals surface area contributed by atoms with Crippen LogP contribution in [0, 0.1) is 0 Å². The number of rotatable bonds is 5. The predicted molar refractivity (Wildman–Crippen MR) is 82.0 cm³/mol. The number of amides is 3. The molecule has 3 amide bonds. The molecule has 1 aliphatic rings. The second-order valence-corrected chi connectivity index (χ2v) is 6.58. The number of likely N-dealkylation sites (tertiary alicyclic amines) is 1. The van der Waals surface area contributed by atoms with Gasteiger partial charge in [-0.3, -0.25) is 9.59 Å². The van der Waals surface area contributed by atoms with Crippen LogP contribution in [0.25, 0.3) is 0 Å². The van der Waals surface area contributed by atoms with E-state index in [2.05, 4.69) is 5.32 Å². The second-order valence-electron chi connectivity index (χ2n) is 6.58. The minimum Gasteiger partial charge on any atom is -0.444 e. The highest BCUT2D eigenvalue weighted by atomic mass is 16.6. The molecule has 1 atom stereocenters. The quantitative estimate of drug-likeness (QED) is 0.795. The SMILES string of the molecule is CCC(CC)(C(N)=O)N1CC[C@@H](NC(=O)OC(C)(C)C)C1=O. The lowest BCUT2D eigenvalue weighted by molar-refractivity contribution is -0.144. The molecule has 0 aromatic carbocycles. The highest BCUT2D eigenvalue weighted by molar-refractivity contribution is 5.94. The van der Waals surface area contributed by atoms with Gasteiger partial charge in [-0.25, -0.2) is 4.79 Å². The normalized spacial score (nSPS) is 19.2. The Bertz CT molecular complexity index is 452. The van der Waals surface area contributed by atoms with E-state index in [4.69, 9.17) is 10.5 Å². The summed E-state index contributed by atoms with van der Waals surface area (Å²) < 4.78 is 5.16. The Morgan fingerprint density at radius 1 is 1.32 bits per heavy atom. The maximum atomic E-state index is 12.5. The van der Waals surface area contributed by atoms with Crippen LogP contribution in [-0.2, 0) is 14.3 Å². The third-order valence-corrected chi connectivity index (χ3v) is 4.04. The first-order valence-electron chi connectivity index (χ1n) is 7.68. The van der Waals surface area contributed by atoms with E-state index < -0.39 is 29.2 Å². The van der Waals surface area contributed by atoms with Crippen LogP contribution in [0.2, 0.25) is 0 Å². The number of carbonyl (C=O) groups excluding carboxylic acids is 3. The van der Waals surface area contributed by atoms with Gasteiger partial charge in [-0.2, -0.15) is 0 Å². The smallest absolute Gasteiger partial charge is 0.408 e. The van der Waals surface area contributed by atoms with Crippen molar-refractivity contribution in [2.24, 2.45) is 5.73 Å². The summed E-state index contributed by atoms with van der Waals surface area (Å²) in [4.78, 5) is 37.7. The fraction of sp³-hybridized carbons (Fsp3) is 0.800. The first-order chi connectivity index (χ1) is 10.1. The van der Waals surface area contributed by atoms with Gasteiger partial charge in [-0.1, -0.05) is 13.8 Å². The largest absolute Gasteiger partial charge is 0.444 e. The van der Waals surface area contributed by atoms with E-state index in [1.54, 1.807) is 20.8 Å². The summed E-state index contributed by atoms with van der Waals surface area (Å²) in [5, 5.41) is 2.57. The molecule has 0 saturated carbocycles. The van der Waals surface area contributed by atoms with Gasteiger partial charge in [-0.05, 0) is 40.0 Å². The molecule has 0 aromatic heterocycles. The molecular formula is C15H27N3O4. The molecule has 1 fully saturated rings. The van der Waals surface area contributed by atoms with Crippen LogP contribution in [0.15, 0.2) is 0 Å². The predicted octanol–water partition coefficient (Wildman–Crippen LogP) is 1.16. The van der Waals surface area contributed by atoms with Gasteiger partial charge in [0.2, 0.25) is 11.8 Å². The molecule has 0 unspecified atom stereocenters. The molecule has 3 N–H and O–H groups in total. The van der Waals surface area contributed by atoms with E-state index in [0.717, 1.165) is 0 Å². The number of hydrogen-bond donors (Lipinski definition) is 2. The number of nitrogens with two attached hydrogens (primary N) is 1. The van der Waals surface area contributed by atoms with Crippen LogP contribution in [0.4, 0.5) is 4.79 Å². The summed E-state index contributed by atoms with van der Waals surface area (Å²) in [6.45, 7) is 9.31. The molecule has 126 valence electrons. The molecule has 0 bridgehead atoms. The lowest BCUT2D eigenvalue weighted by Gasteiger charge is -2.38. The maximum absolute atomic E-state index is 12.5. The first kappa shape index (κ1) is 18.3. The van der Waals surface area contributed by atoms with Crippen molar-refractivity contribution >= 4 is 17.9 Å². The molecule has 1 aliphatic heterocycles. The van der Waals surface area contributed by atoms with Crippen molar-refractivity contribution < 1.29 is 19.1 Å². The van der Waals surface area contributed by atoms with E-state index in [1.807, 2.05) is 13.8 Å². The topological polar surface area (TPSA) is 102 Å². The van der Waals surface area contributed by atoms with Gasteiger partial charge in [0.15, 0.2) is 0 Å². The number of primary amides is 1. The van der Waals surface area contributed by atoms with Crippen LogP contribution in [0.1, 0.15) is 53.9 Å². The monoisotopic (exact) mass is 313 g/mol. The number of carbonyl (C=O) groups is 3. The zero-order valence-corrected chi connectivity index (χ0v) is 14.1. The van der Waals surface area contributed by atoms with Gasteiger partial charge >= 0.3 is 6.09 Å². The molecule has 1 saturated heterocycles. The van der Waals surface area contributed by atoms with Gasteiger partial charge in [0.1, 0.15) is 17.2 Å². The average Bonchev–Trinajstić information content (AvgIpc) is 2.72. The van der Waals surface area contributed by atoms with E-state index in [-0.39, 0.29) is 5.91 Å². The third-order valence-electron chi connectivity index (χ3n) is 4.04. The van der Waals surface area contributed by atoms with E-state index >= 15 is 0 Å². The van der Waals surface area contributed by atoms with Crippen molar-refractivity contribution in [1.29, 1.82) is 0 Å². The average molecular weight is 313 g/mol. The summed E-state index contributed by atoms with van der Waals surface area (Å²) in [6, 6.07) is -0.674. The molecule has 0 aromatic rings. The maximum Gasteiger partial charge on any atom is 0.408 e. The summed E-state index contributed by atoms with van der Waals surface area (Å²) in [5.74, 6) is -0.794. The Balaban J connectivity index is 2.81. The van der Waals surface area contributed by atoms with Gasteiger partial charge in [0.05, 0.1) is 0 Å². The minimum absolute atomic E-state index is 0.284. The Kier molecular flexibility index (Phi) is 5.43. The van der Waals surface area contributed by atoms with Crippen LogP contribution < -0.4 is 11.1 Å². The van der Waals surface area contributed by atoms with E-state index in [1.165, 1.54) is 4.90 Å². The molecule has 7 heteroatoms. The Morgan fingerprint density at radius 3 is 2.27 bits per heavy atom. The van der Waals surface area contributed by atoms with Crippen molar-refractivity contribution in [1.82, 2.24) is 10.2 Å². The highest BCUT2D eigenvalue weighted by Crippen LogP contribution is 2.29. The molecule has 0 radical (unpaired) electrons. The zero-order valence-electron chi connectivity index (χ0n) is 14.1. The molecule has 0 spiro atoms. The van der Waals surface area contributed by atoms with Crippen molar-refractivity contribution in [3.63, 3.8) is 0 Å². The fourth-order valence-corrected chi connectivity index (χ4v) is 2.80. The van der Waals surface area contributed by atoms with Crippen molar-refractivity contribution in [2.75, 3.05) is 6.54 Å². The molecular weight excluding hydrogens is 286 g/mol. The molecule has 1 heterocycles.